The molecule has 0 aromatic heterocycles. The monoisotopic (exact) mass is 479 g/mol. The lowest BCUT2D eigenvalue weighted by molar-refractivity contribution is -0.154. The zero-order valence-corrected chi connectivity index (χ0v) is 22.0. The molecule has 1 fully saturated rings. The topological polar surface area (TPSA) is 91.4 Å². The van der Waals surface area contributed by atoms with Gasteiger partial charge in [0.2, 0.25) is 5.91 Å². The summed E-state index contributed by atoms with van der Waals surface area (Å²) in [5.74, 6) is -0.314. The first kappa shape index (κ1) is 26.9. The summed E-state index contributed by atoms with van der Waals surface area (Å²) in [6, 6.07) is 6.87. The number of carbonyl (C=O) groups is 3. The molecule has 9 heteroatoms. The highest BCUT2D eigenvalue weighted by Crippen LogP contribution is 2.39. The summed E-state index contributed by atoms with van der Waals surface area (Å²) in [6.07, 6.45) is -1.37. The van der Waals surface area contributed by atoms with Gasteiger partial charge in [0.25, 0.3) is 0 Å². The highest BCUT2D eigenvalue weighted by Gasteiger charge is 2.49. The van der Waals surface area contributed by atoms with Crippen molar-refractivity contribution in [2.75, 3.05) is 13.7 Å². The van der Waals surface area contributed by atoms with Crippen molar-refractivity contribution in [3.63, 3.8) is 0 Å². The molecule has 0 saturated carbocycles. The molecule has 1 aromatic rings. The fraction of sp³-hybridized carbons (Fsp3) is 0.625. The van der Waals surface area contributed by atoms with E-state index in [4.69, 9.17) is 18.6 Å². The van der Waals surface area contributed by atoms with Crippen molar-refractivity contribution in [1.82, 2.24) is 4.90 Å². The van der Waals surface area contributed by atoms with Gasteiger partial charge in [-0.05, 0) is 35.8 Å². The van der Waals surface area contributed by atoms with Crippen LogP contribution in [0.2, 0.25) is 18.1 Å². The Morgan fingerprint density at radius 3 is 2.27 bits per heavy atom. The second-order valence-corrected chi connectivity index (χ2v) is 14.7. The number of nitrogens with zero attached hydrogens (tertiary/aromatic N) is 1. The van der Waals surface area contributed by atoms with Crippen LogP contribution in [0.1, 0.15) is 46.6 Å². The van der Waals surface area contributed by atoms with Crippen LogP contribution >= 0.6 is 0 Å². The maximum atomic E-state index is 12.7. The molecule has 8 nitrogen and oxygen atoms in total. The van der Waals surface area contributed by atoms with Crippen LogP contribution in [0.25, 0.3) is 0 Å². The van der Waals surface area contributed by atoms with E-state index in [-0.39, 0.29) is 24.0 Å². The average molecular weight is 480 g/mol. The number of benzene rings is 1. The summed E-state index contributed by atoms with van der Waals surface area (Å²) in [5.41, 5.74) is 0.894. The first-order chi connectivity index (χ1) is 15.2. The van der Waals surface area contributed by atoms with E-state index in [1.54, 1.807) is 12.0 Å². The lowest BCUT2D eigenvalue weighted by atomic mass is 10.0. The largest absolute Gasteiger partial charge is 0.497 e. The average Bonchev–Trinajstić information content (AvgIpc) is 3.09. The van der Waals surface area contributed by atoms with E-state index in [0.29, 0.717) is 6.54 Å². The van der Waals surface area contributed by atoms with Crippen molar-refractivity contribution in [1.29, 1.82) is 0 Å². The molecule has 2 rings (SSSR count). The molecular formula is C24H37NO7Si. The molecule has 1 heterocycles. The van der Waals surface area contributed by atoms with Crippen molar-refractivity contribution in [2.24, 2.45) is 0 Å². The third kappa shape index (κ3) is 7.04. The first-order valence-electron chi connectivity index (χ1n) is 11.2. The summed E-state index contributed by atoms with van der Waals surface area (Å²) < 4.78 is 22.7. The molecule has 33 heavy (non-hydrogen) atoms. The number of cyclic esters (lactones) is 1. The molecular weight excluding hydrogens is 442 g/mol. The van der Waals surface area contributed by atoms with Crippen LogP contribution in [-0.2, 0) is 34.8 Å². The molecule has 0 aliphatic carbocycles. The van der Waals surface area contributed by atoms with E-state index in [1.165, 1.54) is 13.8 Å². The highest BCUT2D eigenvalue weighted by molar-refractivity contribution is 6.74. The Balaban J connectivity index is 2.35. The van der Waals surface area contributed by atoms with E-state index in [0.717, 1.165) is 11.3 Å². The molecule has 1 aliphatic heterocycles. The van der Waals surface area contributed by atoms with E-state index in [2.05, 4.69) is 33.9 Å². The highest BCUT2D eigenvalue weighted by atomic mass is 28.4. The number of esters is 2. The van der Waals surface area contributed by atoms with Gasteiger partial charge in [-0.1, -0.05) is 32.9 Å². The van der Waals surface area contributed by atoms with Crippen LogP contribution in [0.5, 0.6) is 5.75 Å². The molecule has 0 N–H and O–H groups in total. The Kier molecular flexibility index (Phi) is 8.70. The van der Waals surface area contributed by atoms with Gasteiger partial charge in [0.05, 0.1) is 19.6 Å². The van der Waals surface area contributed by atoms with Gasteiger partial charge in [-0.2, -0.15) is 0 Å². The smallest absolute Gasteiger partial charge is 0.308 e. The number of methoxy groups -OCH3 is 1. The van der Waals surface area contributed by atoms with E-state index in [9.17, 15) is 14.4 Å². The Bertz CT molecular complexity index is 847. The maximum Gasteiger partial charge on any atom is 0.308 e. The molecule has 0 bridgehead atoms. The Morgan fingerprint density at radius 1 is 1.18 bits per heavy atom. The van der Waals surface area contributed by atoms with E-state index in [1.807, 2.05) is 24.3 Å². The lowest BCUT2D eigenvalue weighted by Gasteiger charge is -2.42. The molecule has 1 saturated heterocycles. The fourth-order valence-electron chi connectivity index (χ4n) is 3.52. The SMILES string of the molecule is COc1ccc(CN(C(C)=O)[C@H]2CC(=O)O[C@H]2[C@@H](COC(C)=O)O[Si](C)(C)C(C)(C)C)cc1. The Hall–Kier alpha value is -2.39. The number of carbonyl (C=O) groups excluding carboxylic acids is 3. The van der Waals surface area contributed by atoms with Crippen molar-refractivity contribution < 1.29 is 33.0 Å². The third-order valence-corrected chi connectivity index (χ3v) is 10.9. The van der Waals surface area contributed by atoms with E-state index < -0.39 is 38.5 Å². The quantitative estimate of drug-likeness (QED) is 0.394. The number of amides is 1. The van der Waals surface area contributed by atoms with Crippen LogP contribution in [0.4, 0.5) is 0 Å². The standard InChI is InChI=1S/C24H37NO7Si/c1-16(26)25(14-18-9-11-19(29-6)12-10-18)20-13-22(28)31-23(20)21(15-30-17(2)27)32-33(7,8)24(3,4)5/h9-12,20-21,23H,13-15H2,1-8H3/t20-,21+,23+/m0/s1. The van der Waals surface area contributed by atoms with Gasteiger partial charge >= 0.3 is 11.9 Å². The normalized spacial score (nSPS) is 19.6. The molecule has 0 unspecified atom stereocenters. The van der Waals surface area contributed by atoms with Crippen LogP contribution in [0.3, 0.4) is 0 Å². The van der Waals surface area contributed by atoms with Gasteiger partial charge in [-0.15, -0.1) is 0 Å². The molecule has 1 aliphatic rings. The second kappa shape index (κ2) is 10.7. The molecule has 0 radical (unpaired) electrons. The number of rotatable bonds is 9. The Labute approximate surface area is 197 Å². The van der Waals surface area contributed by atoms with Gasteiger partial charge in [0.1, 0.15) is 18.5 Å². The minimum atomic E-state index is -2.31. The lowest BCUT2D eigenvalue weighted by Crippen LogP contribution is -2.54. The minimum absolute atomic E-state index is 0.0510. The van der Waals surface area contributed by atoms with Crippen LogP contribution in [-0.4, -0.2) is 63.0 Å². The fourth-order valence-corrected chi connectivity index (χ4v) is 4.83. The van der Waals surface area contributed by atoms with Gasteiger partial charge in [0, 0.05) is 20.4 Å². The zero-order chi connectivity index (χ0) is 25.0. The number of hydrogen-bond acceptors (Lipinski definition) is 7. The van der Waals surface area contributed by atoms with Crippen molar-refractivity contribution in [3.05, 3.63) is 29.8 Å². The van der Waals surface area contributed by atoms with Gasteiger partial charge in [-0.3, -0.25) is 14.4 Å². The van der Waals surface area contributed by atoms with Crippen molar-refractivity contribution in [3.8, 4) is 5.75 Å². The molecule has 0 spiro atoms. The molecule has 1 amide bonds. The van der Waals surface area contributed by atoms with Gasteiger partial charge < -0.3 is 23.5 Å². The molecule has 184 valence electrons. The predicted molar refractivity (Wildman–Crippen MR) is 126 cm³/mol. The van der Waals surface area contributed by atoms with Crippen LogP contribution < -0.4 is 4.74 Å². The summed E-state index contributed by atoms with van der Waals surface area (Å²) >= 11 is 0. The summed E-state index contributed by atoms with van der Waals surface area (Å²) in [4.78, 5) is 38.3. The summed E-state index contributed by atoms with van der Waals surface area (Å²) in [5, 5.41) is -0.108. The zero-order valence-electron chi connectivity index (χ0n) is 21.0. The van der Waals surface area contributed by atoms with Crippen LogP contribution in [0, 0.1) is 0 Å². The maximum absolute atomic E-state index is 12.7. The molecule has 3 atom stereocenters. The van der Waals surface area contributed by atoms with Crippen molar-refractivity contribution >= 4 is 26.2 Å². The first-order valence-corrected chi connectivity index (χ1v) is 14.1. The number of hydrogen-bond donors (Lipinski definition) is 0. The summed E-state index contributed by atoms with van der Waals surface area (Å²) in [7, 11) is -0.714. The minimum Gasteiger partial charge on any atom is -0.497 e. The van der Waals surface area contributed by atoms with Crippen LogP contribution in [0.15, 0.2) is 24.3 Å². The second-order valence-electron chi connectivity index (χ2n) is 9.94. The van der Waals surface area contributed by atoms with E-state index >= 15 is 0 Å². The summed E-state index contributed by atoms with van der Waals surface area (Å²) in [6.45, 7) is 13.5. The molecule has 1 aromatic carbocycles. The Morgan fingerprint density at radius 2 is 1.79 bits per heavy atom. The predicted octanol–water partition coefficient (Wildman–Crippen LogP) is 3.68. The number of ether oxygens (including phenoxy) is 3. The van der Waals surface area contributed by atoms with Gasteiger partial charge in [0.15, 0.2) is 14.4 Å². The van der Waals surface area contributed by atoms with Gasteiger partial charge in [-0.25, -0.2) is 0 Å². The third-order valence-electron chi connectivity index (χ3n) is 6.41. The van der Waals surface area contributed by atoms with Crippen molar-refractivity contribution in [2.45, 2.75) is 84.0 Å².